The van der Waals surface area contributed by atoms with Crippen LogP contribution in [0.3, 0.4) is 0 Å². The summed E-state index contributed by atoms with van der Waals surface area (Å²) < 4.78 is 10.8. The monoisotopic (exact) mass is 457 g/mol. The van der Waals surface area contributed by atoms with E-state index < -0.39 is 0 Å². The summed E-state index contributed by atoms with van der Waals surface area (Å²) in [5, 5.41) is 3.03. The van der Waals surface area contributed by atoms with Crippen LogP contribution in [0.15, 0.2) is 85.5 Å². The summed E-state index contributed by atoms with van der Waals surface area (Å²) in [4.78, 5) is 20.5. The van der Waals surface area contributed by atoms with Gasteiger partial charge in [-0.05, 0) is 72.7 Å². The number of carbonyl (C=O) groups is 1. The molecule has 0 saturated heterocycles. The van der Waals surface area contributed by atoms with Gasteiger partial charge < -0.3 is 14.8 Å². The van der Waals surface area contributed by atoms with Gasteiger partial charge in [0.2, 0.25) is 5.91 Å². The van der Waals surface area contributed by atoms with Crippen molar-refractivity contribution < 1.29 is 14.3 Å². The van der Waals surface area contributed by atoms with Crippen LogP contribution < -0.4 is 14.8 Å². The van der Waals surface area contributed by atoms with E-state index >= 15 is 0 Å². The minimum atomic E-state index is -0.123. The van der Waals surface area contributed by atoms with Gasteiger partial charge in [-0.1, -0.05) is 36.4 Å². The van der Waals surface area contributed by atoms with Crippen LogP contribution >= 0.6 is 0 Å². The first-order valence-corrected chi connectivity index (χ1v) is 11.3. The fourth-order valence-electron chi connectivity index (χ4n) is 3.61. The number of ether oxygens (including phenoxy) is 2. The van der Waals surface area contributed by atoms with Crippen LogP contribution in [0, 0.1) is 0 Å². The lowest BCUT2D eigenvalue weighted by molar-refractivity contribution is -0.117. The van der Waals surface area contributed by atoms with Gasteiger partial charge in [0.15, 0.2) is 0 Å². The Morgan fingerprint density at radius 3 is 2.21 bits per heavy atom. The average Bonchev–Trinajstić information content (AvgIpc) is 2.87. The third-order valence-electron chi connectivity index (χ3n) is 5.38. The number of hydrogen-bond acceptors (Lipinski definition) is 5. The lowest BCUT2D eigenvalue weighted by Crippen LogP contribution is -2.31. The molecule has 0 aliphatic carbocycles. The van der Waals surface area contributed by atoms with E-state index in [0.29, 0.717) is 0 Å². The number of amides is 1. The predicted molar refractivity (Wildman–Crippen MR) is 135 cm³/mol. The highest BCUT2D eigenvalue weighted by atomic mass is 16.5. The minimum Gasteiger partial charge on any atom is -0.497 e. The van der Waals surface area contributed by atoms with Gasteiger partial charge in [-0.25, -0.2) is 9.97 Å². The molecule has 0 unspecified atom stereocenters. The molecule has 1 N–H and O–H groups in total. The Morgan fingerprint density at radius 1 is 1.00 bits per heavy atom. The molecule has 3 rings (SSSR count). The van der Waals surface area contributed by atoms with Crippen LogP contribution in [0.25, 0.3) is 5.57 Å². The first kappa shape index (κ1) is 24.7. The predicted octanol–water partition coefficient (Wildman–Crippen LogP) is 5.01. The quantitative estimate of drug-likeness (QED) is 0.324. The summed E-state index contributed by atoms with van der Waals surface area (Å²) in [5.74, 6) is 1.41. The van der Waals surface area contributed by atoms with Crippen molar-refractivity contribution in [3.63, 3.8) is 0 Å². The van der Waals surface area contributed by atoms with Gasteiger partial charge >= 0.3 is 0 Å². The fourth-order valence-corrected chi connectivity index (χ4v) is 3.61. The van der Waals surface area contributed by atoms with E-state index in [1.54, 1.807) is 26.4 Å². The highest BCUT2D eigenvalue weighted by Gasteiger charge is 2.08. The molecule has 1 aromatic heterocycles. The standard InChI is InChI=1S/C28H31N3O3/c1-21(8-4-9-22-18-29-20-30-19-22)31-28(32)15-7-14-27(23-10-5-12-25(16-23)33-2)24-11-6-13-26(17-24)34-3/h5-7,10-21H,4,8-9H2,1-3H3,(H,31,32)/t21-/m1/s1. The van der Waals surface area contributed by atoms with Gasteiger partial charge in [-0.15, -0.1) is 0 Å². The summed E-state index contributed by atoms with van der Waals surface area (Å²) in [7, 11) is 3.29. The number of methoxy groups -OCH3 is 2. The van der Waals surface area contributed by atoms with Crippen LogP contribution in [-0.2, 0) is 11.2 Å². The van der Waals surface area contributed by atoms with Gasteiger partial charge in [-0.3, -0.25) is 4.79 Å². The Hall–Kier alpha value is -3.93. The minimum absolute atomic E-state index is 0.0713. The van der Waals surface area contributed by atoms with Crippen molar-refractivity contribution in [2.24, 2.45) is 0 Å². The number of aromatic nitrogens is 2. The van der Waals surface area contributed by atoms with Gasteiger partial charge in [0.1, 0.15) is 17.8 Å². The summed E-state index contributed by atoms with van der Waals surface area (Å²) in [6.45, 7) is 2.01. The summed E-state index contributed by atoms with van der Waals surface area (Å²) in [5.41, 5.74) is 4.03. The zero-order valence-corrected chi connectivity index (χ0v) is 19.9. The third-order valence-corrected chi connectivity index (χ3v) is 5.38. The molecule has 0 aliphatic rings. The smallest absolute Gasteiger partial charge is 0.244 e. The van der Waals surface area contributed by atoms with Crippen molar-refractivity contribution in [1.29, 1.82) is 0 Å². The van der Waals surface area contributed by atoms with Crippen LogP contribution in [-0.4, -0.2) is 36.1 Å². The molecule has 0 bridgehead atoms. The molecule has 0 fully saturated rings. The number of hydrogen-bond donors (Lipinski definition) is 1. The van der Waals surface area contributed by atoms with E-state index in [-0.39, 0.29) is 11.9 Å². The zero-order chi connectivity index (χ0) is 24.2. The summed E-state index contributed by atoms with van der Waals surface area (Å²) in [6, 6.07) is 15.7. The molecule has 0 aliphatic heterocycles. The molecule has 6 heteroatoms. The molecule has 1 heterocycles. The van der Waals surface area contributed by atoms with Crippen LogP contribution in [0.1, 0.15) is 36.5 Å². The van der Waals surface area contributed by atoms with Crippen LogP contribution in [0.4, 0.5) is 0 Å². The van der Waals surface area contributed by atoms with E-state index in [2.05, 4.69) is 15.3 Å². The molecule has 2 aromatic carbocycles. The van der Waals surface area contributed by atoms with E-state index in [0.717, 1.165) is 53.0 Å². The number of nitrogens with one attached hydrogen (secondary N) is 1. The number of benzene rings is 2. The van der Waals surface area contributed by atoms with Crippen molar-refractivity contribution >= 4 is 11.5 Å². The Morgan fingerprint density at radius 2 is 1.62 bits per heavy atom. The number of nitrogens with zero attached hydrogens (tertiary/aromatic N) is 2. The highest BCUT2D eigenvalue weighted by molar-refractivity contribution is 5.89. The Balaban J connectivity index is 1.67. The molecule has 1 atom stereocenters. The molecule has 176 valence electrons. The summed E-state index contributed by atoms with van der Waals surface area (Å²) in [6.07, 6.45) is 13.2. The molecule has 34 heavy (non-hydrogen) atoms. The van der Waals surface area contributed by atoms with Crippen molar-refractivity contribution in [2.75, 3.05) is 14.2 Å². The topological polar surface area (TPSA) is 73.3 Å². The average molecular weight is 458 g/mol. The van der Waals surface area contributed by atoms with Crippen molar-refractivity contribution in [3.8, 4) is 11.5 Å². The van der Waals surface area contributed by atoms with E-state index in [9.17, 15) is 4.79 Å². The van der Waals surface area contributed by atoms with E-state index in [4.69, 9.17) is 9.47 Å². The van der Waals surface area contributed by atoms with Gasteiger partial charge in [-0.2, -0.15) is 0 Å². The van der Waals surface area contributed by atoms with Crippen molar-refractivity contribution in [1.82, 2.24) is 15.3 Å². The van der Waals surface area contributed by atoms with Crippen molar-refractivity contribution in [2.45, 2.75) is 32.2 Å². The molecule has 6 nitrogen and oxygen atoms in total. The fraction of sp³-hybridized carbons (Fsp3) is 0.250. The lowest BCUT2D eigenvalue weighted by atomic mass is 9.97. The largest absolute Gasteiger partial charge is 0.497 e. The Labute approximate surface area is 201 Å². The van der Waals surface area contributed by atoms with E-state index in [1.165, 1.54) is 6.33 Å². The second-order valence-corrected chi connectivity index (χ2v) is 7.95. The normalized spacial score (nSPS) is 11.6. The molecule has 0 radical (unpaired) electrons. The highest BCUT2D eigenvalue weighted by Crippen LogP contribution is 2.28. The maximum atomic E-state index is 12.5. The molecule has 0 saturated carbocycles. The second-order valence-electron chi connectivity index (χ2n) is 7.95. The molecular formula is C28H31N3O3. The number of rotatable bonds is 11. The SMILES string of the molecule is COc1cccc(C(=CC=CC(=O)N[C@H](C)CCCc2cncnc2)c2cccc(OC)c2)c1. The van der Waals surface area contributed by atoms with Crippen molar-refractivity contribution in [3.05, 3.63) is 102 Å². The number of allylic oxidation sites excluding steroid dienone is 2. The van der Waals surface area contributed by atoms with E-state index in [1.807, 2.05) is 73.9 Å². The number of aryl methyl sites for hydroxylation is 1. The lowest BCUT2D eigenvalue weighted by Gasteiger charge is -2.12. The zero-order valence-electron chi connectivity index (χ0n) is 19.9. The molecule has 0 spiro atoms. The third kappa shape index (κ3) is 7.59. The second kappa shape index (κ2) is 12.9. The maximum Gasteiger partial charge on any atom is 0.244 e. The first-order valence-electron chi connectivity index (χ1n) is 11.3. The van der Waals surface area contributed by atoms with Gasteiger partial charge in [0.25, 0.3) is 0 Å². The Bertz CT molecular complexity index is 1080. The summed E-state index contributed by atoms with van der Waals surface area (Å²) >= 11 is 0. The van der Waals surface area contributed by atoms with Gasteiger partial charge in [0.05, 0.1) is 14.2 Å². The molecule has 3 aromatic rings. The van der Waals surface area contributed by atoms with Crippen LogP contribution in [0.5, 0.6) is 11.5 Å². The molecule has 1 amide bonds. The first-order chi connectivity index (χ1) is 16.6. The van der Waals surface area contributed by atoms with Gasteiger partial charge in [0, 0.05) is 24.5 Å². The molecular weight excluding hydrogens is 426 g/mol. The Kier molecular flexibility index (Phi) is 9.40. The maximum absolute atomic E-state index is 12.5. The van der Waals surface area contributed by atoms with Crippen LogP contribution in [0.2, 0.25) is 0 Å². The number of carbonyl (C=O) groups excluding carboxylic acids is 1.